The first-order valence-electron chi connectivity index (χ1n) is 6.48. The average Bonchev–Trinajstić information content (AvgIpc) is 2.84. The predicted molar refractivity (Wildman–Crippen MR) is 69.6 cm³/mol. The van der Waals surface area contributed by atoms with Gasteiger partial charge in [-0.15, -0.1) is 0 Å². The topological polar surface area (TPSA) is 20.3 Å². The highest BCUT2D eigenvalue weighted by molar-refractivity contribution is 5.78. The van der Waals surface area contributed by atoms with Crippen LogP contribution in [0.4, 0.5) is 0 Å². The summed E-state index contributed by atoms with van der Waals surface area (Å²) in [7, 11) is 1.92. The molecule has 0 N–H and O–H groups in total. The van der Waals surface area contributed by atoms with Crippen LogP contribution in [-0.2, 0) is 11.3 Å². The highest BCUT2D eigenvalue weighted by atomic mass is 16.2. The van der Waals surface area contributed by atoms with E-state index in [1.54, 1.807) is 0 Å². The molecule has 0 atom stereocenters. The molecular formula is C15H21NO. The van der Waals surface area contributed by atoms with Crippen molar-refractivity contribution in [2.24, 2.45) is 5.92 Å². The average molecular weight is 231 g/mol. The largest absolute Gasteiger partial charge is 0.341 e. The molecule has 0 spiro atoms. The summed E-state index contributed by atoms with van der Waals surface area (Å²) < 4.78 is 0. The van der Waals surface area contributed by atoms with Crippen molar-refractivity contribution in [1.29, 1.82) is 0 Å². The van der Waals surface area contributed by atoms with Crippen LogP contribution in [0.15, 0.2) is 24.3 Å². The first kappa shape index (κ1) is 12.2. The van der Waals surface area contributed by atoms with Crippen molar-refractivity contribution >= 4 is 5.91 Å². The number of aryl methyl sites for hydroxylation is 1. The van der Waals surface area contributed by atoms with Gasteiger partial charge in [-0.2, -0.15) is 0 Å². The molecule has 0 aliphatic heterocycles. The summed E-state index contributed by atoms with van der Waals surface area (Å²) in [4.78, 5) is 14.1. The van der Waals surface area contributed by atoms with Gasteiger partial charge in [0, 0.05) is 19.5 Å². The summed E-state index contributed by atoms with van der Waals surface area (Å²) in [5.74, 6) is 0.606. The van der Waals surface area contributed by atoms with E-state index >= 15 is 0 Å². The molecule has 0 unspecified atom stereocenters. The highest BCUT2D eigenvalue weighted by Gasteiger charge is 2.25. The standard InChI is InChI=1S/C15H21NO/c1-12-7-3-4-10-14(12)11-16(2)15(17)13-8-5-6-9-13/h3-4,7,10,13H,5-6,8-9,11H2,1-2H3. The molecule has 0 aromatic heterocycles. The Morgan fingerprint density at radius 3 is 2.59 bits per heavy atom. The molecule has 2 rings (SSSR count). The van der Waals surface area contributed by atoms with Crippen molar-refractivity contribution in [2.45, 2.75) is 39.2 Å². The molecule has 2 heteroatoms. The van der Waals surface area contributed by atoms with Crippen LogP contribution in [-0.4, -0.2) is 17.9 Å². The number of amides is 1. The van der Waals surface area contributed by atoms with E-state index in [9.17, 15) is 4.79 Å². The van der Waals surface area contributed by atoms with Crippen LogP contribution in [0.3, 0.4) is 0 Å². The number of nitrogens with zero attached hydrogens (tertiary/aromatic N) is 1. The Kier molecular flexibility index (Phi) is 3.82. The van der Waals surface area contributed by atoms with Gasteiger partial charge in [0.05, 0.1) is 0 Å². The van der Waals surface area contributed by atoms with Crippen LogP contribution in [0, 0.1) is 12.8 Å². The smallest absolute Gasteiger partial charge is 0.225 e. The molecule has 1 aromatic carbocycles. The fourth-order valence-corrected chi connectivity index (χ4v) is 2.61. The lowest BCUT2D eigenvalue weighted by atomic mass is 10.1. The van der Waals surface area contributed by atoms with E-state index in [0.717, 1.165) is 19.4 Å². The van der Waals surface area contributed by atoms with E-state index in [2.05, 4.69) is 19.1 Å². The highest BCUT2D eigenvalue weighted by Crippen LogP contribution is 2.26. The summed E-state index contributed by atoms with van der Waals surface area (Å²) >= 11 is 0. The molecule has 17 heavy (non-hydrogen) atoms. The van der Waals surface area contributed by atoms with Crippen LogP contribution in [0.1, 0.15) is 36.8 Å². The lowest BCUT2D eigenvalue weighted by Gasteiger charge is -2.21. The Bertz CT molecular complexity index is 394. The first-order chi connectivity index (χ1) is 8.18. The zero-order valence-corrected chi connectivity index (χ0v) is 10.8. The molecule has 1 aliphatic carbocycles. The Hall–Kier alpha value is -1.31. The van der Waals surface area contributed by atoms with Gasteiger partial charge in [0.15, 0.2) is 0 Å². The van der Waals surface area contributed by atoms with Gasteiger partial charge in [-0.1, -0.05) is 37.1 Å². The number of benzene rings is 1. The van der Waals surface area contributed by atoms with Crippen molar-refractivity contribution in [1.82, 2.24) is 4.90 Å². The van der Waals surface area contributed by atoms with Gasteiger partial charge >= 0.3 is 0 Å². The Labute approximate surface area is 104 Å². The quantitative estimate of drug-likeness (QED) is 0.782. The molecule has 0 heterocycles. The number of carbonyl (C=O) groups is 1. The van der Waals surface area contributed by atoms with Crippen LogP contribution >= 0.6 is 0 Å². The second kappa shape index (κ2) is 5.35. The Morgan fingerprint density at radius 1 is 1.29 bits per heavy atom. The molecule has 1 saturated carbocycles. The second-order valence-corrected chi connectivity index (χ2v) is 5.10. The summed E-state index contributed by atoms with van der Waals surface area (Å²) in [6, 6.07) is 8.28. The zero-order chi connectivity index (χ0) is 12.3. The monoisotopic (exact) mass is 231 g/mol. The van der Waals surface area contributed by atoms with Gasteiger partial charge in [-0.05, 0) is 30.9 Å². The minimum Gasteiger partial charge on any atom is -0.341 e. The third-order valence-corrected chi connectivity index (χ3v) is 3.75. The molecule has 1 aliphatic rings. The SMILES string of the molecule is Cc1ccccc1CN(C)C(=O)C1CCCC1. The zero-order valence-electron chi connectivity index (χ0n) is 10.8. The van der Waals surface area contributed by atoms with Gasteiger partial charge < -0.3 is 4.90 Å². The van der Waals surface area contributed by atoms with Crippen LogP contribution in [0.2, 0.25) is 0 Å². The number of hydrogen-bond donors (Lipinski definition) is 0. The third kappa shape index (κ3) is 2.87. The molecule has 1 amide bonds. The third-order valence-electron chi connectivity index (χ3n) is 3.75. The van der Waals surface area contributed by atoms with Crippen molar-refractivity contribution in [3.8, 4) is 0 Å². The molecule has 0 bridgehead atoms. The van der Waals surface area contributed by atoms with Crippen molar-refractivity contribution in [3.63, 3.8) is 0 Å². The van der Waals surface area contributed by atoms with E-state index in [-0.39, 0.29) is 5.92 Å². The van der Waals surface area contributed by atoms with E-state index < -0.39 is 0 Å². The Balaban J connectivity index is 1.99. The Morgan fingerprint density at radius 2 is 1.94 bits per heavy atom. The molecule has 1 fully saturated rings. The van der Waals surface area contributed by atoms with E-state index in [1.165, 1.54) is 24.0 Å². The molecule has 2 nitrogen and oxygen atoms in total. The molecular weight excluding hydrogens is 210 g/mol. The summed E-state index contributed by atoms with van der Waals surface area (Å²) in [6.45, 7) is 2.84. The number of rotatable bonds is 3. The van der Waals surface area contributed by atoms with Crippen molar-refractivity contribution < 1.29 is 4.79 Å². The first-order valence-corrected chi connectivity index (χ1v) is 6.48. The minimum absolute atomic E-state index is 0.281. The van der Waals surface area contributed by atoms with Gasteiger partial charge in [0.1, 0.15) is 0 Å². The van der Waals surface area contributed by atoms with Gasteiger partial charge in [-0.3, -0.25) is 4.79 Å². The second-order valence-electron chi connectivity index (χ2n) is 5.10. The predicted octanol–water partition coefficient (Wildman–Crippen LogP) is 3.14. The van der Waals surface area contributed by atoms with Gasteiger partial charge in [0.2, 0.25) is 5.91 Å². The molecule has 92 valence electrons. The lowest BCUT2D eigenvalue weighted by Crippen LogP contribution is -2.31. The van der Waals surface area contributed by atoms with Gasteiger partial charge in [-0.25, -0.2) is 0 Å². The molecule has 1 aromatic rings. The normalized spacial score (nSPS) is 16.1. The number of hydrogen-bond acceptors (Lipinski definition) is 1. The lowest BCUT2D eigenvalue weighted by molar-refractivity contribution is -0.134. The van der Waals surface area contributed by atoms with Crippen LogP contribution in [0.5, 0.6) is 0 Å². The maximum absolute atomic E-state index is 12.2. The van der Waals surface area contributed by atoms with Crippen LogP contribution in [0.25, 0.3) is 0 Å². The fourth-order valence-electron chi connectivity index (χ4n) is 2.61. The van der Waals surface area contributed by atoms with E-state index in [1.807, 2.05) is 24.1 Å². The summed E-state index contributed by atoms with van der Waals surface area (Å²) in [5, 5.41) is 0. The van der Waals surface area contributed by atoms with Crippen molar-refractivity contribution in [3.05, 3.63) is 35.4 Å². The maximum atomic E-state index is 12.2. The summed E-state index contributed by atoms with van der Waals surface area (Å²) in [5.41, 5.74) is 2.51. The molecule has 0 radical (unpaired) electrons. The van der Waals surface area contributed by atoms with Crippen molar-refractivity contribution in [2.75, 3.05) is 7.05 Å². The van der Waals surface area contributed by atoms with E-state index in [4.69, 9.17) is 0 Å². The minimum atomic E-state index is 0.281. The maximum Gasteiger partial charge on any atom is 0.225 e. The fraction of sp³-hybridized carbons (Fsp3) is 0.533. The van der Waals surface area contributed by atoms with Crippen LogP contribution < -0.4 is 0 Å². The van der Waals surface area contributed by atoms with Gasteiger partial charge in [0.25, 0.3) is 0 Å². The van der Waals surface area contributed by atoms with E-state index in [0.29, 0.717) is 5.91 Å². The summed E-state index contributed by atoms with van der Waals surface area (Å²) in [6.07, 6.45) is 4.59. The molecule has 0 saturated heterocycles. The number of carbonyl (C=O) groups excluding carboxylic acids is 1.